The molecule has 0 radical (unpaired) electrons. The van der Waals surface area contributed by atoms with Crippen LogP contribution in [0.3, 0.4) is 0 Å². The smallest absolute Gasteiger partial charge is 0.322 e. The molecule has 86 valence electrons. The highest BCUT2D eigenvalue weighted by atomic mass is 16.2. The van der Waals surface area contributed by atoms with Gasteiger partial charge >= 0.3 is 6.03 Å². The van der Waals surface area contributed by atoms with E-state index in [4.69, 9.17) is 5.73 Å². The molecule has 2 rings (SSSR count). The van der Waals surface area contributed by atoms with Crippen molar-refractivity contribution in [3.8, 4) is 0 Å². The van der Waals surface area contributed by atoms with Gasteiger partial charge in [0.1, 0.15) is 0 Å². The first kappa shape index (κ1) is 11.0. The number of amides is 2. The van der Waals surface area contributed by atoms with Gasteiger partial charge in [-0.25, -0.2) is 4.79 Å². The van der Waals surface area contributed by atoms with Gasteiger partial charge in [-0.2, -0.15) is 0 Å². The Hall–Kier alpha value is -1.55. The van der Waals surface area contributed by atoms with Crippen molar-refractivity contribution in [3.63, 3.8) is 0 Å². The molecule has 2 amide bonds. The van der Waals surface area contributed by atoms with Gasteiger partial charge in [-0.3, -0.25) is 4.90 Å². The van der Waals surface area contributed by atoms with Crippen molar-refractivity contribution in [1.29, 1.82) is 0 Å². The third-order valence-electron chi connectivity index (χ3n) is 2.97. The van der Waals surface area contributed by atoms with Gasteiger partial charge in [0.15, 0.2) is 0 Å². The number of benzene rings is 1. The van der Waals surface area contributed by atoms with Crippen LogP contribution in [0, 0.1) is 0 Å². The Labute approximate surface area is 95.4 Å². The van der Waals surface area contributed by atoms with E-state index in [1.165, 1.54) is 0 Å². The fourth-order valence-electron chi connectivity index (χ4n) is 1.98. The molecule has 1 aliphatic heterocycles. The third kappa shape index (κ3) is 1.88. The molecule has 1 aromatic carbocycles. The van der Waals surface area contributed by atoms with Crippen LogP contribution in [0.4, 0.5) is 10.5 Å². The normalized spacial score (nSPS) is 17.4. The summed E-state index contributed by atoms with van der Waals surface area (Å²) in [6, 6.07) is 7.94. The SMILES string of the molecule is CC(CN)c1ccccc1N1CCNC1=O. The molecule has 0 aromatic heterocycles. The molecular weight excluding hydrogens is 202 g/mol. The van der Waals surface area contributed by atoms with Crippen molar-refractivity contribution >= 4 is 11.7 Å². The van der Waals surface area contributed by atoms with E-state index in [1.54, 1.807) is 4.90 Å². The Bertz CT molecular complexity index is 392. The predicted molar refractivity (Wildman–Crippen MR) is 64.7 cm³/mol. The summed E-state index contributed by atoms with van der Waals surface area (Å²) in [5.41, 5.74) is 7.81. The number of carbonyl (C=O) groups excluding carboxylic acids is 1. The van der Waals surface area contributed by atoms with Crippen LogP contribution < -0.4 is 16.0 Å². The van der Waals surface area contributed by atoms with Crippen LogP contribution in [0.1, 0.15) is 18.4 Å². The predicted octanol–water partition coefficient (Wildman–Crippen LogP) is 1.28. The van der Waals surface area contributed by atoms with Gasteiger partial charge in [-0.15, -0.1) is 0 Å². The molecule has 4 heteroatoms. The second-order valence-corrected chi connectivity index (χ2v) is 4.08. The van der Waals surface area contributed by atoms with E-state index in [0.29, 0.717) is 13.1 Å². The largest absolute Gasteiger partial charge is 0.336 e. The van der Waals surface area contributed by atoms with Crippen molar-refractivity contribution in [2.75, 3.05) is 24.5 Å². The van der Waals surface area contributed by atoms with E-state index in [2.05, 4.69) is 12.2 Å². The number of urea groups is 1. The first-order valence-electron chi connectivity index (χ1n) is 5.58. The van der Waals surface area contributed by atoms with Crippen molar-refractivity contribution in [1.82, 2.24) is 5.32 Å². The van der Waals surface area contributed by atoms with E-state index in [9.17, 15) is 4.79 Å². The van der Waals surface area contributed by atoms with Crippen LogP contribution in [0.25, 0.3) is 0 Å². The minimum Gasteiger partial charge on any atom is -0.336 e. The molecule has 1 aromatic rings. The molecule has 1 atom stereocenters. The number of rotatable bonds is 3. The van der Waals surface area contributed by atoms with Crippen LogP contribution >= 0.6 is 0 Å². The molecule has 4 nitrogen and oxygen atoms in total. The van der Waals surface area contributed by atoms with Gasteiger partial charge in [0, 0.05) is 18.8 Å². The van der Waals surface area contributed by atoms with E-state index < -0.39 is 0 Å². The minimum atomic E-state index is -0.0170. The number of nitrogens with two attached hydrogens (primary N) is 1. The van der Waals surface area contributed by atoms with Gasteiger partial charge in [-0.05, 0) is 24.1 Å². The summed E-state index contributed by atoms with van der Waals surface area (Å²) < 4.78 is 0. The summed E-state index contributed by atoms with van der Waals surface area (Å²) in [4.78, 5) is 13.4. The maximum atomic E-state index is 11.6. The Kier molecular flexibility index (Phi) is 3.10. The fraction of sp³-hybridized carbons (Fsp3) is 0.417. The molecule has 1 saturated heterocycles. The number of carbonyl (C=O) groups is 1. The molecule has 0 saturated carbocycles. The second-order valence-electron chi connectivity index (χ2n) is 4.08. The van der Waals surface area contributed by atoms with Crippen LogP contribution in [-0.2, 0) is 0 Å². The Morgan fingerprint density at radius 2 is 2.25 bits per heavy atom. The van der Waals surface area contributed by atoms with Gasteiger partial charge in [0.05, 0.1) is 0 Å². The molecule has 1 unspecified atom stereocenters. The number of hydrogen-bond acceptors (Lipinski definition) is 2. The Morgan fingerprint density at radius 3 is 2.88 bits per heavy atom. The summed E-state index contributed by atoms with van der Waals surface area (Å²) in [6.07, 6.45) is 0. The van der Waals surface area contributed by atoms with Crippen molar-refractivity contribution in [3.05, 3.63) is 29.8 Å². The maximum absolute atomic E-state index is 11.6. The highest BCUT2D eigenvalue weighted by Gasteiger charge is 2.24. The topological polar surface area (TPSA) is 58.4 Å². The average Bonchev–Trinajstić information content (AvgIpc) is 2.74. The molecule has 0 spiro atoms. The molecular formula is C12H17N3O. The lowest BCUT2D eigenvalue weighted by Gasteiger charge is -2.21. The molecule has 1 fully saturated rings. The summed E-state index contributed by atoms with van der Waals surface area (Å²) in [5, 5.41) is 2.81. The number of hydrogen-bond donors (Lipinski definition) is 2. The van der Waals surface area contributed by atoms with E-state index in [-0.39, 0.29) is 11.9 Å². The number of nitrogens with one attached hydrogen (secondary N) is 1. The van der Waals surface area contributed by atoms with Crippen molar-refractivity contribution < 1.29 is 4.79 Å². The first-order chi connectivity index (χ1) is 7.74. The summed E-state index contributed by atoms with van der Waals surface area (Å²) in [5.74, 6) is 0.268. The summed E-state index contributed by atoms with van der Waals surface area (Å²) in [7, 11) is 0. The minimum absolute atomic E-state index is 0.0170. The standard InChI is InChI=1S/C12H17N3O/c1-9(8-13)10-4-2-3-5-11(10)15-7-6-14-12(15)16/h2-5,9H,6-8,13H2,1H3,(H,14,16). The fourth-order valence-corrected chi connectivity index (χ4v) is 1.98. The lowest BCUT2D eigenvalue weighted by molar-refractivity contribution is 0.252. The third-order valence-corrected chi connectivity index (χ3v) is 2.97. The summed E-state index contributed by atoms with van der Waals surface area (Å²) >= 11 is 0. The maximum Gasteiger partial charge on any atom is 0.322 e. The zero-order valence-electron chi connectivity index (χ0n) is 9.44. The molecule has 1 heterocycles. The average molecular weight is 219 g/mol. The van der Waals surface area contributed by atoms with E-state index in [1.807, 2.05) is 24.3 Å². The van der Waals surface area contributed by atoms with Gasteiger partial charge in [-0.1, -0.05) is 25.1 Å². The monoisotopic (exact) mass is 219 g/mol. The van der Waals surface area contributed by atoms with Gasteiger partial charge in [0.2, 0.25) is 0 Å². The molecule has 1 aliphatic rings. The van der Waals surface area contributed by atoms with Crippen LogP contribution in [0.2, 0.25) is 0 Å². The van der Waals surface area contributed by atoms with E-state index >= 15 is 0 Å². The Balaban J connectivity index is 2.36. The van der Waals surface area contributed by atoms with E-state index in [0.717, 1.165) is 17.8 Å². The highest BCUT2D eigenvalue weighted by molar-refractivity contribution is 5.94. The number of para-hydroxylation sites is 1. The first-order valence-corrected chi connectivity index (χ1v) is 5.58. The van der Waals surface area contributed by atoms with Crippen molar-refractivity contribution in [2.24, 2.45) is 5.73 Å². The lowest BCUT2D eigenvalue weighted by atomic mass is 9.99. The second kappa shape index (κ2) is 4.53. The van der Waals surface area contributed by atoms with Crippen molar-refractivity contribution in [2.45, 2.75) is 12.8 Å². The molecule has 0 aliphatic carbocycles. The van der Waals surface area contributed by atoms with Crippen LogP contribution in [-0.4, -0.2) is 25.7 Å². The molecule has 3 N–H and O–H groups in total. The zero-order chi connectivity index (χ0) is 11.5. The highest BCUT2D eigenvalue weighted by Crippen LogP contribution is 2.27. The van der Waals surface area contributed by atoms with Gasteiger partial charge in [0.25, 0.3) is 0 Å². The zero-order valence-corrected chi connectivity index (χ0v) is 9.44. The molecule has 16 heavy (non-hydrogen) atoms. The van der Waals surface area contributed by atoms with Gasteiger partial charge < -0.3 is 11.1 Å². The number of nitrogens with zero attached hydrogens (tertiary/aromatic N) is 1. The van der Waals surface area contributed by atoms with Crippen LogP contribution in [0.15, 0.2) is 24.3 Å². The lowest BCUT2D eigenvalue weighted by Crippen LogP contribution is -2.29. The quantitative estimate of drug-likeness (QED) is 0.804. The Morgan fingerprint density at radius 1 is 1.50 bits per heavy atom. The molecule has 0 bridgehead atoms. The number of anilines is 1. The van der Waals surface area contributed by atoms with Crippen LogP contribution in [0.5, 0.6) is 0 Å². The summed E-state index contributed by atoms with van der Waals surface area (Å²) in [6.45, 7) is 4.11.